The van der Waals surface area contributed by atoms with Crippen molar-refractivity contribution >= 4 is 17.6 Å². The van der Waals surface area contributed by atoms with Crippen LogP contribution in [0, 0.1) is 5.41 Å². The van der Waals surface area contributed by atoms with E-state index in [0.29, 0.717) is 5.16 Å². The molecule has 118 valence electrons. The smallest absolute Gasteiger partial charge is 0.339 e. The minimum atomic E-state index is -0.774. The SMILES string of the molecule is Cn1[nH]c(=O)c(=O)nc1SCCCCC(C)(C)C(N)=NO. The first-order chi connectivity index (χ1) is 9.77. The molecule has 0 saturated carbocycles. The molecular weight excluding hydrogens is 294 g/mol. The molecule has 0 amide bonds. The van der Waals surface area contributed by atoms with Gasteiger partial charge in [0.05, 0.1) is 0 Å². The average Bonchev–Trinajstić information content (AvgIpc) is 2.42. The van der Waals surface area contributed by atoms with Crippen LogP contribution < -0.4 is 16.9 Å². The number of unbranched alkanes of at least 4 members (excludes halogenated alkanes) is 1. The molecule has 0 radical (unpaired) electrons. The van der Waals surface area contributed by atoms with E-state index in [1.165, 1.54) is 16.4 Å². The molecule has 1 rings (SSSR count). The van der Waals surface area contributed by atoms with E-state index in [4.69, 9.17) is 10.9 Å². The van der Waals surface area contributed by atoms with Gasteiger partial charge in [-0.15, -0.1) is 0 Å². The number of amidine groups is 1. The molecule has 1 aromatic rings. The van der Waals surface area contributed by atoms with Crippen molar-refractivity contribution in [3.05, 3.63) is 20.7 Å². The van der Waals surface area contributed by atoms with Crippen molar-refractivity contribution in [1.82, 2.24) is 14.8 Å². The third-order valence-corrected chi connectivity index (χ3v) is 4.29. The lowest BCUT2D eigenvalue weighted by Gasteiger charge is -2.22. The van der Waals surface area contributed by atoms with Crippen molar-refractivity contribution in [2.45, 2.75) is 38.3 Å². The molecule has 1 aromatic heterocycles. The van der Waals surface area contributed by atoms with Gasteiger partial charge in [-0.1, -0.05) is 37.2 Å². The Bertz CT molecular complexity index is 620. The van der Waals surface area contributed by atoms with Gasteiger partial charge in [0, 0.05) is 18.2 Å². The summed E-state index contributed by atoms with van der Waals surface area (Å²) in [4.78, 5) is 26.0. The number of nitrogens with one attached hydrogen (secondary N) is 1. The summed E-state index contributed by atoms with van der Waals surface area (Å²) in [6, 6.07) is 0. The Morgan fingerprint density at radius 3 is 2.76 bits per heavy atom. The molecule has 1 heterocycles. The molecule has 0 saturated heterocycles. The van der Waals surface area contributed by atoms with Crippen LogP contribution in [0.4, 0.5) is 0 Å². The van der Waals surface area contributed by atoms with E-state index in [-0.39, 0.29) is 11.3 Å². The zero-order valence-corrected chi connectivity index (χ0v) is 13.2. The minimum absolute atomic E-state index is 0.222. The number of oxime groups is 1. The Morgan fingerprint density at radius 2 is 2.14 bits per heavy atom. The number of aryl methyl sites for hydroxylation is 1. The van der Waals surface area contributed by atoms with Crippen molar-refractivity contribution in [2.24, 2.45) is 23.4 Å². The first kappa shape index (κ1) is 17.3. The topological polar surface area (TPSA) is 126 Å². The van der Waals surface area contributed by atoms with E-state index in [0.717, 1.165) is 25.0 Å². The van der Waals surface area contributed by atoms with E-state index in [1.807, 2.05) is 13.8 Å². The molecule has 0 spiro atoms. The zero-order chi connectivity index (χ0) is 16.0. The van der Waals surface area contributed by atoms with Crippen molar-refractivity contribution < 1.29 is 5.21 Å². The predicted molar refractivity (Wildman–Crippen MR) is 81.9 cm³/mol. The van der Waals surface area contributed by atoms with Crippen LogP contribution in [0.25, 0.3) is 0 Å². The van der Waals surface area contributed by atoms with Crippen molar-refractivity contribution in [2.75, 3.05) is 5.75 Å². The monoisotopic (exact) mass is 315 g/mol. The summed E-state index contributed by atoms with van der Waals surface area (Å²) >= 11 is 1.41. The quantitative estimate of drug-likeness (QED) is 0.128. The summed E-state index contributed by atoms with van der Waals surface area (Å²) in [5.41, 5.74) is 3.78. The van der Waals surface area contributed by atoms with Gasteiger partial charge in [-0.25, -0.2) is 0 Å². The largest absolute Gasteiger partial charge is 0.409 e. The summed E-state index contributed by atoms with van der Waals surface area (Å²) in [5.74, 6) is 0.985. The van der Waals surface area contributed by atoms with Crippen molar-refractivity contribution in [3.8, 4) is 0 Å². The highest BCUT2D eigenvalue weighted by atomic mass is 32.2. The maximum atomic E-state index is 11.2. The van der Waals surface area contributed by atoms with E-state index in [9.17, 15) is 9.59 Å². The lowest BCUT2D eigenvalue weighted by molar-refractivity contribution is 0.304. The highest BCUT2D eigenvalue weighted by molar-refractivity contribution is 7.99. The van der Waals surface area contributed by atoms with Crippen LogP contribution in [-0.2, 0) is 7.05 Å². The Kier molecular flexibility index (Phi) is 6.01. The number of nitrogens with zero attached hydrogens (tertiary/aromatic N) is 3. The molecular formula is C12H21N5O3S. The first-order valence-electron chi connectivity index (χ1n) is 6.56. The second-order valence-electron chi connectivity index (χ2n) is 5.37. The third-order valence-electron chi connectivity index (χ3n) is 3.18. The number of nitrogens with two attached hydrogens (primary N) is 1. The van der Waals surface area contributed by atoms with Gasteiger partial charge in [0.2, 0.25) is 0 Å². The summed E-state index contributed by atoms with van der Waals surface area (Å²) in [7, 11) is 1.64. The second kappa shape index (κ2) is 7.30. The normalized spacial score (nSPS) is 12.6. The number of rotatable bonds is 7. The molecule has 4 N–H and O–H groups in total. The van der Waals surface area contributed by atoms with Gasteiger partial charge in [0.15, 0.2) is 5.16 Å². The Morgan fingerprint density at radius 1 is 1.48 bits per heavy atom. The maximum absolute atomic E-state index is 11.2. The number of hydrogen-bond donors (Lipinski definition) is 3. The number of aromatic amines is 1. The lowest BCUT2D eigenvalue weighted by atomic mass is 9.86. The van der Waals surface area contributed by atoms with Gasteiger partial charge >= 0.3 is 11.1 Å². The van der Waals surface area contributed by atoms with E-state index in [1.54, 1.807) is 7.05 Å². The molecule has 0 unspecified atom stereocenters. The third kappa shape index (κ3) is 4.92. The minimum Gasteiger partial charge on any atom is -0.409 e. The van der Waals surface area contributed by atoms with Gasteiger partial charge in [0.1, 0.15) is 5.84 Å². The predicted octanol–water partition coefficient (Wildman–Crippen LogP) is 0.504. The molecule has 0 atom stereocenters. The number of hydrogen-bond acceptors (Lipinski definition) is 6. The molecule has 0 fully saturated rings. The van der Waals surface area contributed by atoms with Crippen LogP contribution in [0.5, 0.6) is 0 Å². The zero-order valence-electron chi connectivity index (χ0n) is 12.4. The highest BCUT2D eigenvalue weighted by Crippen LogP contribution is 2.24. The second-order valence-corrected chi connectivity index (χ2v) is 6.44. The van der Waals surface area contributed by atoms with Crippen LogP contribution >= 0.6 is 11.8 Å². The van der Waals surface area contributed by atoms with Crippen LogP contribution in [-0.4, -0.2) is 31.6 Å². The van der Waals surface area contributed by atoms with Crippen molar-refractivity contribution in [1.29, 1.82) is 0 Å². The summed E-state index contributed by atoms with van der Waals surface area (Å²) in [6.45, 7) is 3.84. The summed E-state index contributed by atoms with van der Waals surface area (Å²) in [6.07, 6.45) is 2.58. The molecule has 0 aliphatic rings. The van der Waals surface area contributed by atoms with Crippen LogP contribution in [0.15, 0.2) is 19.9 Å². The van der Waals surface area contributed by atoms with Gasteiger partial charge in [0.25, 0.3) is 0 Å². The van der Waals surface area contributed by atoms with Gasteiger partial charge in [-0.3, -0.25) is 19.4 Å². The first-order valence-corrected chi connectivity index (χ1v) is 7.54. The van der Waals surface area contributed by atoms with E-state index < -0.39 is 11.1 Å². The Balaban J connectivity index is 2.44. The molecule has 9 heteroatoms. The summed E-state index contributed by atoms with van der Waals surface area (Å²) in [5, 5.41) is 14.6. The number of aromatic nitrogens is 3. The standard InChI is InChI=1S/C12H21N5O3S/c1-12(2,10(13)16-20)6-4-5-7-21-11-14-8(18)9(19)15-17(11)3/h20H,4-7H2,1-3H3,(H2,13,16)(H,15,19). The van der Waals surface area contributed by atoms with Gasteiger partial charge in [-0.05, 0) is 12.8 Å². The van der Waals surface area contributed by atoms with E-state index in [2.05, 4.69) is 15.2 Å². The van der Waals surface area contributed by atoms with Crippen LogP contribution in [0.3, 0.4) is 0 Å². The fourth-order valence-corrected chi connectivity index (χ4v) is 2.60. The fraction of sp³-hybridized carbons (Fsp3) is 0.667. The Hall–Kier alpha value is -1.77. The fourth-order valence-electron chi connectivity index (χ4n) is 1.69. The summed E-state index contributed by atoms with van der Waals surface area (Å²) < 4.78 is 1.44. The highest BCUT2D eigenvalue weighted by Gasteiger charge is 2.22. The Labute approximate surface area is 126 Å². The molecule has 0 aromatic carbocycles. The molecule has 8 nitrogen and oxygen atoms in total. The average molecular weight is 315 g/mol. The van der Waals surface area contributed by atoms with E-state index >= 15 is 0 Å². The van der Waals surface area contributed by atoms with Gasteiger partial charge < -0.3 is 10.9 Å². The van der Waals surface area contributed by atoms with Crippen molar-refractivity contribution in [3.63, 3.8) is 0 Å². The van der Waals surface area contributed by atoms with Gasteiger partial charge in [-0.2, -0.15) is 4.98 Å². The molecule has 21 heavy (non-hydrogen) atoms. The molecule has 0 bridgehead atoms. The molecule has 0 aliphatic carbocycles. The van der Waals surface area contributed by atoms with Crippen LogP contribution in [0.2, 0.25) is 0 Å². The number of H-pyrrole nitrogens is 1. The molecule has 0 aliphatic heterocycles. The van der Waals surface area contributed by atoms with Crippen LogP contribution in [0.1, 0.15) is 33.1 Å². The lowest BCUT2D eigenvalue weighted by Crippen LogP contribution is -2.33. The number of thioether (sulfide) groups is 1. The maximum Gasteiger partial charge on any atom is 0.339 e.